The quantitative estimate of drug-likeness (QED) is 0.802. The van der Waals surface area contributed by atoms with Crippen molar-refractivity contribution in [3.63, 3.8) is 0 Å². The van der Waals surface area contributed by atoms with E-state index >= 15 is 0 Å². The lowest BCUT2D eigenvalue weighted by atomic mass is 10.3. The number of rotatable bonds is 6. The number of ether oxygens (including phenoxy) is 1. The number of hydrogen-bond acceptors (Lipinski definition) is 4. The predicted octanol–water partition coefficient (Wildman–Crippen LogP) is 3.41. The third-order valence-corrected chi connectivity index (χ3v) is 5.04. The van der Waals surface area contributed by atoms with Gasteiger partial charge in [-0.3, -0.25) is 9.10 Å². The number of halogens is 2. The summed E-state index contributed by atoms with van der Waals surface area (Å²) in [6.07, 6.45) is 1.11. The number of sulfonamides is 1. The Morgan fingerprint density at radius 3 is 2.40 bits per heavy atom. The maximum atomic E-state index is 11.9. The molecule has 9 heteroatoms. The molecular weight excluding hydrogens is 387 g/mol. The van der Waals surface area contributed by atoms with Crippen molar-refractivity contribution in [3.05, 3.63) is 52.5 Å². The van der Waals surface area contributed by atoms with Crippen molar-refractivity contribution in [2.75, 3.05) is 29.5 Å². The van der Waals surface area contributed by atoms with Crippen molar-refractivity contribution < 1.29 is 17.9 Å². The summed E-state index contributed by atoms with van der Waals surface area (Å²) < 4.78 is 29.5. The third kappa shape index (κ3) is 5.52. The number of nitrogens with zero attached hydrogens (tertiary/aromatic N) is 1. The van der Waals surface area contributed by atoms with Gasteiger partial charge in [0.05, 0.1) is 22.7 Å². The zero-order valence-corrected chi connectivity index (χ0v) is 15.8. The second kappa shape index (κ2) is 7.95. The number of amides is 1. The molecule has 0 heterocycles. The van der Waals surface area contributed by atoms with Gasteiger partial charge in [0, 0.05) is 12.1 Å². The van der Waals surface area contributed by atoms with Crippen LogP contribution in [0.1, 0.15) is 0 Å². The van der Waals surface area contributed by atoms with Crippen LogP contribution >= 0.6 is 23.2 Å². The summed E-state index contributed by atoms with van der Waals surface area (Å²) in [5.74, 6) is 0.0273. The van der Waals surface area contributed by atoms with Gasteiger partial charge in [-0.15, -0.1) is 0 Å². The molecular formula is C16H16Cl2N2O4S. The van der Waals surface area contributed by atoms with E-state index < -0.39 is 15.9 Å². The molecule has 25 heavy (non-hydrogen) atoms. The van der Waals surface area contributed by atoms with Gasteiger partial charge < -0.3 is 10.1 Å². The first-order valence-corrected chi connectivity index (χ1v) is 9.69. The molecule has 0 aliphatic carbocycles. The van der Waals surface area contributed by atoms with Gasteiger partial charge in [0.2, 0.25) is 10.0 Å². The van der Waals surface area contributed by atoms with Crippen molar-refractivity contribution in [2.24, 2.45) is 0 Å². The first kappa shape index (κ1) is 19.4. The maximum absolute atomic E-state index is 11.9. The van der Waals surface area contributed by atoms with Crippen LogP contribution in [-0.2, 0) is 14.8 Å². The minimum Gasteiger partial charge on any atom is -0.484 e. The minimum atomic E-state index is -3.33. The lowest BCUT2D eigenvalue weighted by molar-refractivity contribution is -0.118. The highest BCUT2D eigenvalue weighted by Gasteiger charge is 2.12. The van der Waals surface area contributed by atoms with Crippen LogP contribution in [0.4, 0.5) is 11.4 Å². The van der Waals surface area contributed by atoms with E-state index in [-0.39, 0.29) is 6.61 Å². The van der Waals surface area contributed by atoms with E-state index in [1.165, 1.54) is 13.1 Å². The summed E-state index contributed by atoms with van der Waals surface area (Å²) in [7, 11) is -1.88. The fraction of sp³-hybridized carbons (Fsp3) is 0.188. The van der Waals surface area contributed by atoms with Crippen molar-refractivity contribution in [1.82, 2.24) is 0 Å². The monoisotopic (exact) mass is 402 g/mol. The summed E-state index contributed by atoms with van der Waals surface area (Å²) in [5, 5.41) is 3.42. The topological polar surface area (TPSA) is 75.7 Å². The van der Waals surface area contributed by atoms with Crippen molar-refractivity contribution >= 4 is 50.5 Å². The normalized spacial score (nSPS) is 11.0. The molecule has 0 aromatic heterocycles. The Kier molecular flexibility index (Phi) is 6.16. The van der Waals surface area contributed by atoms with E-state index in [2.05, 4.69) is 5.32 Å². The number of carbonyl (C=O) groups is 1. The van der Waals surface area contributed by atoms with Crippen LogP contribution in [0, 0.1) is 0 Å². The van der Waals surface area contributed by atoms with Gasteiger partial charge in [-0.1, -0.05) is 23.2 Å². The fourth-order valence-electron chi connectivity index (χ4n) is 1.87. The lowest BCUT2D eigenvalue weighted by Gasteiger charge is -2.16. The van der Waals surface area contributed by atoms with Gasteiger partial charge in [-0.2, -0.15) is 0 Å². The minimum absolute atomic E-state index is 0.232. The molecule has 1 amide bonds. The van der Waals surface area contributed by atoms with Gasteiger partial charge in [0.15, 0.2) is 6.61 Å². The fourth-order valence-corrected chi connectivity index (χ4v) is 2.71. The summed E-state index contributed by atoms with van der Waals surface area (Å²) in [6.45, 7) is -0.232. The molecule has 0 saturated carbocycles. The molecule has 6 nitrogen and oxygen atoms in total. The third-order valence-electron chi connectivity index (χ3n) is 3.27. The van der Waals surface area contributed by atoms with Crippen LogP contribution in [0.25, 0.3) is 0 Å². The van der Waals surface area contributed by atoms with Gasteiger partial charge in [-0.25, -0.2) is 8.42 Å². The second-order valence-corrected chi connectivity index (χ2v) is 8.04. The lowest BCUT2D eigenvalue weighted by Crippen LogP contribution is -2.24. The SMILES string of the molecule is CN(c1ccc(OCC(=O)Nc2cc(Cl)ccc2Cl)cc1)S(C)(=O)=O. The summed E-state index contributed by atoms with van der Waals surface area (Å²) >= 11 is 11.8. The van der Waals surface area contributed by atoms with Crippen LogP contribution in [0.3, 0.4) is 0 Å². The standard InChI is InChI=1S/C16H16Cl2N2O4S/c1-20(25(2,22)23)12-4-6-13(7-5-12)24-10-16(21)19-15-9-11(17)3-8-14(15)18/h3-9H,10H2,1-2H3,(H,19,21). The highest BCUT2D eigenvalue weighted by molar-refractivity contribution is 7.92. The van der Waals surface area contributed by atoms with Crippen LogP contribution in [0.2, 0.25) is 10.0 Å². The van der Waals surface area contributed by atoms with Crippen LogP contribution in [0.5, 0.6) is 5.75 Å². The Morgan fingerprint density at radius 1 is 1.16 bits per heavy atom. The molecule has 0 aliphatic rings. The Morgan fingerprint density at radius 2 is 1.80 bits per heavy atom. The summed E-state index contributed by atoms with van der Waals surface area (Å²) in [4.78, 5) is 11.9. The first-order valence-electron chi connectivity index (χ1n) is 7.08. The largest absolute Gasteiger partial charge is 0.484 e. The number of anilines is 2. The molecule has 0 saturated heterocycles. The van der Waals surface area contributed by atoms with Gasteiger partial charge in [-0.05, 0) is 42.5 Å². The van der Waals surface area contributed by atoms with Crippen LogP contribution in [0.15, 0.2) is 42.5 Å². The van der Waals surface area contributed by atoms with E-state index in [0.717, 1.165) is 10.6 Å². The molecule has 2 aromatic rings. The molecule has 0 aliphatic heterocycles. The average molecular weight is 403 g/mol. The molecule has 0 fully saturated rings. The van der Waals surface area contributed by atoms with E-state index in [1.807, 2.05) is 0 Å². The van der Waals surface area contributed by atoms with Crippen LogP contribution in [-0.4, -0.2) is 34.2 Å². The Labute approximate surface area is 156 Å². The Hall–Kier alpha value is -1.96. The van der Waals surface area contributed by atoms with Gasteiger partial charge in [0.1, 0.15) is 5.75 Å². The van der Waals surface area contributed by atoms with Crippen molar-refractivity contribution in [1.29, 1.82) is 0 Å². The Balaban J connectivity index is 1.95. The molecule has 1 N–H and O–H groups in total. The highest BCUT2D eigenvalue weighted by atomic mass is 35.5. The molecule has 2 aromatic carbocycles. The molecule has 134 valence electrons. The summed E-state index contributed by atoms with van der Waals surface area (Å²) in [6, 6.07) is 11.1. The molecule has 0 unspecified atom stereocenters. The van der Waals surface area contributed by atoms with Crippen molar-refractivity contribution in [2.45, 2.75) is 0 Å². The van der Waals surface area contributed by atoms with E-state index in [1.54, 1.807) is 36.4 Å². The smallest absolute Gasteiger partial charge is 0.262 e. The zero-order valence-electron chi connectivity index (χ0n) is 13.5. The van der Waals surface area contributed by atoms with E-state index in [9.17, 15) is 13.2 Å². The number of carbonyl (C=O) groups excluding carboxylic acids is 1. The Bertz CT molecular complexity index is 870. The van der Waals surface area contributed by atoms with Crippen molar-refractivity contribution in [3.8, 4) is 5.75 Å². The number of nitrogens with one attached hydrogen (secondary N) is 1. The molecule has 0 radical (unpaired) electrons. The predicted molar refractivity (Wildman–Crippen MR) is 100 cm³/mol. The van der Waals surface area contributed by atoms with Crippen LogP contribution < -0.4 is 14.4 Å². The van der Waals surface area contributed by atoms with E-state index in [0.29, 0.717) is 27.2 Å². The molecule has 0 bridgehead atoms. The van der Waals surface area contributed by atoms with Gasteiger partial charge >= 0.3 is 0 Å². The number of benzene rings is 2. The highest BCUT2D eigenvalue weighted by Crippen LogP contribution is 2.25. The second-order valence-electron chi connectivity index (χ2n) is 5.19. The van der Waals surface area contributed by atoms with E-state index in [4.69, 9.17) is 27.9 Å². The average Bonchev–Trinajstić information content (AvgIpc) is 2.55. The van der Waals surface area contributed by atoms with Gasteiger partial charge in [0.25, 0.3) is 5.91 Å². The molecule has 0 atom stereocenters. The maximum Gasteiger partial charge on any atom is 0.262 e. The first-order chi connectivity index (χ1) is 11.7. The summed E-state index contributed by atoms with van der Waals surface area (Å²) in [5.41, 5.74) is 0.887. The number of hydrogen-bond donors (Lipinski definition) is 1. The molecule has 2 rings (SSSR count). The zero-order chi connectivity index (χ0) is 18.6. The molecule has 0 spiro atoms.